The number of hydrogen-bond donors (Lipinski definition) is 5. The molecule has 17 rings (SSSR count). The van der Waals surface area contributed by atoms with Crippen LogP contribution in [0.2, 0.25) is 10.0 Å². The van der Waals surface area contributed by atoms with Crippen LogP contribution in [-0.4, -0.2) is 216 Å². The first kappa shape index (κ1) is 102. The Balaban J connectivity index is 0.000000147. The second-order valence-electron chi connectivity index (χ2n) is 36.9. The zero-order valence-electron chi connectivity index (χ0n) is 81.2. The summed E-state index contributed by atoms with van der Waals surface area (Å²) in [6.45, 7) is 32.4. The smallest absolute Gasteiger partial charge is 0.227 e. The molecule has 0 radical (unpaired) electrons. The van der Waals surface area contributed by atoms with Gasteiger partial charge >= 0.3 is 0 Å². The van der Waals surface area contributed by atoms with Crippen LogP contribution < -0.4 is 55.7 Å². The third-order valence-corrected chi connectivity index (χ3v) is 30.7. The lowest BCUT2D eigenvalue weighted by molar-refractivity contribution is 0.313. The minimum absolute atomic E-state index is 0.0372. The van der Waals surface area contributed by atoms with Crippen molar-refractivity contribution in [3.63, 3.8) is 0 Å². The Morgan fingerprint density at radius 3 is 1.18 bits per heavy atom. The van der Waals surface area contributed by atoms with Crippen LogP contribution in [0.1, 0.15) is 119 Å². The first-order valence-electron chi connectivity index (χ1n) is 46.9. The van der Waals surface area contributed by atoms with Crippen molar-refractivity contribution in [2.24, 2.45) is 0 Å². The molecule has 31 heteroatoms. The lowest BCUT2D eigenvalue weighted by Crippen LogP contribution is -2.44. The number of ether oxygens (including phenoxy) is 2. The Kier molecular flexibility index (Phi) is 35.2. The van der Waals surface area contributed by atoms with Crippen LogP contribution in [0, 0.1) is 20.8 Å². The van der Waals surface area contributed by atoms with Gasteiger partial charge in [-0.2, -0.15) is 0 Å². The Bertz CT molecular complexity index is 6470. The van der Waals surface area contributed by atoms with Gasteiger partial charge in [0.2, 0.25) is 23.8 Å². The number of likely N-dealkylation sites (N-methyl/N-ethyl adjacent to an activating group) is 3. The normalized spacial score (nSPS) is 14.5. The van der Waals surface area contributed by atoms with Gasteiger partial charge in [-0.25, -0.2) is 56.7 Å². The number of sulfone groups is 2. The van der Waals surface area contributed by atoms with E-state index in [1.54, 1.807) is 65.5 Å². The van der Waals surface area contributed by atoms with Gasteiger partial charge in [0, 0.05) is 201 Å². The average Bonchev–Trinajstić information content (AvgIpc) is 0.801. The van der Waals surface area contributed by atoms with Gasteiger partial charge in [0.25, 0.3) is 0 Å². The van der Waals surface area contributed by atoms with E-state index in [2.05, 4.69) is 229 Å². The SMILES string of the molecule is COc1cc(Cc2nc(Nc3ccc(N4CCN(C)CC4)cc3)ncc2C(C)C)ccc1Cl.COc1cc(Cc2nc(Nc3ccc(N4CCNCC4)cc3)ncc2Br)ccc1Cl.Cc1ccc(Cc2nc(Nc3ccc(N4CCN(C)CC4)cc3)ncc2C)cc1CS(=O)(=O)C(C)(C)C.Cc1cnc(Nc2ccc(N3CCN(C)CC3)cc2)nc1Cc1cccc(CS(=O)(=O)c2ccccc2)c1. The van der Waals surface area contributed by atoms with Crippen LogP contribution in [0.3, 0.4) is 0 Å². The molecule has 13 aromatic rings. The summed E-state index contributed by atoms with van der Waals surface area (Å²) in [4.78, 5) is 54.1. The molecule has 138 heavy (non-hydrogen) atoms. The highest BCUT2D eigenvalue weighted by Gasteiger charge is 2.30. The Morgan fingerprint density at radius 2 is 0.761 bits per heavy atom. The summed E-state index contributed by atoms with van der Waals surface area (Å²) in [5.74, 6) is 3.91. The van der Waals surface area contributed by atoms with Gasteiger partial charge in [-0.05, 0) is 274 Å². The van der Waals surface area contributed by atoms with Gasteiger partial charge in [-0.1, -0.05) is 110 Å². The molecule has 4 aromatic heterocycles. The van der Waals surface area contributed by atoms with E-state index in [0.29, 0.717) is 81.8 Å². The van der Waals surface area contributed by atoms with Crippen molar-refractivity contribution in [3.05, 3.63) is 324 Å². The number of nitrogens with zero attached hydrogens (tertiary/aromatic N) is 15. The monoisotopic (exact) mass is 2000 g/mol. The van der Waals surface area contributed by atoms with Crippen LogP contribution in [0.15, 0.2) is 240 Å². The maximum absolute atomic E-state index is 12.8. The summed E-state index contributed by atoms with van der Waals surface area (Å²) >= 11 is 15.9. The minimum Gasteiger partial charge on any atom is -0.495 e. The van der Waals surface area contributed by atoms with Gasteiger partial charge in [0.05, 0.1) is 72.7 Å². The molecule has 0 unspecified atom stereocenters. The molecule has 0 bridgehead atoms. The molecule has 5 N–H and O–H groups in total. The summed E-state index contributed by atoms with van der Waals surface area (Å²) in [7, 11) is 3.07. The number of rotatable bonds is 28. The van der Waals surface area contributed by atoms with E-state index in [0.717, 1.165) is 210 Å². The van der Waals surface area contributed by atoms with Gasteiger partial charge in [-0.3, -0.25) is 0 Å². The highest BCUT2D eigenvalue weighted by Crippen LogP contribution is 2.35. The zero-order chi connectivity index (χ0) is 97.6. The van der Waals surface area contributed by atoms with Crippen LogP contribution >= 0.6 is 39.1 Å². The number of aromatic nitrogens is 8. The Labute approximate surface area is 832 Å². The van der Waals surface area contributed by atoms with Gasteiger partial charge in [-0.15, -0.1) is 0 Å². The molecule has 0 amide bonds. The summed E-state index contributed by atoms with van der Waals surface area (Å²) < 4.78 is 62.0. The quantitative estimate of drug-likeness (QED) is 0.0305. The average molecular weight is 2000 g/mol. The van der Waals surface area contributed by atoms with Crippen molar-refractivity contribution in [2.45, 2.75) is 108 Å². The number of hydrogen-bond acceptors (Lipinski definition) is 26. The van der Waals surface area contributed by atoms with Gasteiger partial charge < -0.3 is 70.4 Å². The van der Waals surface area contributed by atoms with Crippen molar-refractivity contribution >= 4 is 128 Å². The largest absolute Gasteiger partial charge is 0.495 e. The fourth-order valence-electron chi connectivity index (χ4n) is 16.4. The second-order valence-corrected chi connectivity index (χ2v) is 43.3. The van der Waals surface area contributed by atoms with Gasteiger partial charge in [0.1, 0.15) is 11.5 Å². The van der Waals surface area contributed by atoms with Crippen molar-refractivity contribution in [2.75, 3.05) is 181 Å². The fraction of sp³-hybridized carbons (Fsp3) is 0.346. The third kappa shape index (κ3) is 28.7. The summed E-state index contributed by atoms with van der Waals surface area (Å²) in [6, 6.07) is 67.7. The zero-order valence-corrected chi connectivity index (χ0v) is 85.9. The van der Waals surface area contributed by atoms with E-state index in [1.807, 2.05) is 124 Å². The Morgan fingerprint density at radius 1 is 0.399 bits per heavy atom. The van der Waals surface area contributed by atoms with E-state index in [4.69, 9.17) is 52.6 Å². The molecular formula is C107H127BrCl2N20O6S2. The van der Waals surface area contributed by atoms with Crippen LogP contribution in [0.5, 0.6) is 11.5 Å². The van der Waals surface area contributed by atoms with E-state index in [-0.39, 0.29) is 11.5 Å². The van der Waals surface area contributed by atoms with Crippen LogP contribution in [0.25, 0.3) is 0 Å². The molecule has 4 saturated heterocycles. The van der Waals surface area contributed by atoms with E-state index < -0.39 is 24.4 Å². The number of benzene rings is 9. The molecule has 0 atom stereocenters. The maximum atomic E-state index is 12.8. The highest BCUT2D eigenvalue weighted by molar-refractivity contribution is 9.10. The number of piperazine rings is 4. The molecular weight excluding hydrogens is 1880 g/mol. The number of nitrogens with one attached hydrogen (secondary N) is 5. The molecule has 26 nitrogen and oxygen atoms in total. The first-order valence-corrected chi connectivity index (χ1v) is 51.7. The molecule has 9 aromatic carbocycles. The number of aryl methyl sites for hydroxylation is 3. The van der Waals surface area contributed by atoms with E-state index >= 15 is 0 Å². The molecule has 4 aliphatic heterocycles. The minimum atomic E-state index is -3.41. The topological polar surface area (TPSA) is 273 Å². The predicted molar refractivity (Wildman–Crippen MR) is 567 cm³/mol. The highest BCUT2D eigenvalue weighted by atomic mass is 79.9. The van der Waals surface area contributed by atoms with Crippen molar-refractivity contribution < 1.29 is 26.3 Å². The molecule has 8 heterocycles. The Hall–Kier alpha value is -11.9. The van der Waals surface area contributed by atoms with Crippen LogP contribution in [-0.2, 0) is 56.9 Å². The molecule has 0 aliphatic carbocycles. The maximum Gasteiger partial charge on any atom is 0.227 e. The number of methoxy groups -OCH3 is 2. The third-order valence-electron chi connectivity index (χ3n) is 25.1. The molecule has 0 saturated carbocycles. The molecule has 0 spiro atoms. The molecule has 4 aliphatic rings. The standard InChI is InChI=1S/C30H33N5O2S.C29H39N5O2S.C26H32ClN5O.C22H23BrClN5O/c1-23-21-31-30(32-26-11-13-27(14-12-26)35-17-15-34(2)16-18-35)33-29(23)20-24-7-6-8-25(19-24)22-38(36,37)28-9-4-3-5-10-28;1-21-7-8-23(17-24(21)20-37(35,36)29(3,4)5)18-27-22(2)19-30-28(32-27)31-25-9-11-26(12-10-25)34-15-13-33(6)14-16-34;1-18(2)22-17-28-26(30-24(22)15-19-5-10-23(27)25(16-19)33-4)29-20-6-8-21(9-7-20)32-13-11-31(3)12-14-32;1-30-21-13-15(2-7-19(21)24)12-20-18(23)14-26-22(28-20)27-16-3-5-17(6-4-16)29-10-8-25-9-11-29/h3-14,19,21H,15-18,20,22H2,1-2H3,(H,31,32,33);7-12,17,19H,13-16,18,20H2,1-6H3,(H,30,31,32);5-10,16-18H,11-15H2,1-4H3,(H,28,29,30);2-7,13-14,25H,8-12H2,1H3,(H,26,27,28). The summed E-state index contributed by atoms with van der Waals surface area (Å²) in [5, 5.41) is 17.9. The lowest BCUT2D eigenvalue weighted by Gasteiger charge is -2.34. The van der Waals surface area contributed by atoms with Crippen molar-refractivity contribution in [1.82, 2.24) is 59.9 Å². The molecule has 724 valence electrons. The van der Waals surface area contributed by atoms with Crippen LogP contribution in [0.4, 0.5) is 69.3 Å². The van der Waals surface area contributed by atoms with Gasteiger partial charge in [0.15, 0.2) is 19.7 Å². The second kappa shape index (κ2) is 47.6. The summed E-state index contributed by atoms with van der Waals surface area (Å²) in [6.07, 6.45) is 9.87. The lowest BCUT2D eigenvalue weighted by atomic mass is 9.99. The van der Waals surface area contributed by atoms with E-state index in [1.165, 1.54) is 22.7 Å². The molecule has 4 fully saturated rings. The first-order chi connectivity index (χ1) is 66.3. The number of halogens is 3. The predicted octanol–water partition coefficient (Wildman–Crippen LogP) is 19.7. The van der Waals surface area contributed by atoms with Crippen molar-refractivity contribution in [3.8, 4) is 11.5 Å². The summed E-state index contributed by atoms with van der Waals surface area (Å²) in [5.41, 5.74) is 22.4. The van der Waals surface area contributed by atoms with Crippen molar-refractivity contribution in [1.29, 1.82) is 0 Å². The van der Waals surface area contributed by atoms with E-state index in [9.17, 15) is 16.8 Å². The fourth-order valence-corrected chi connectivity index (χ4v) is 19.6. The number of anilines is 12.